The number of hydrogen-bond donors (Lipinski definition) is 2. The van der Waals surface area contributed by atoms with Crippen LogP contribution in [0, 0.1) is 5.82 Å². The number of carbonyl (C=O) groups is 2. The molecule has 2 rings (SSSR count). The summed E-state index contributed by atoms with van der Waals surface area (Å²) in [6, 6.07) is 6.17. The first-order valence-electron chi connectivity index (χ1n) is 7.76. The van der Waals surface area contributed by atoms with Crippen molar-refractivity contribution in [2.24, 2.45) is 0 Å². The Balaban J connectivity index is 2.00. The summed E-state index contributed by atoms with van der Waals surface area (Å²) in [5.74, 6) is -1.63. The summed E-state index contributed by atoms with van der Waals surface area (Å²) in [5.41, 5.74) is 0.00226. The molecule has 0 spiro atoms. The maximum atomic E-state index is 13.3. The van der Waals surface area contributed by atoms with E-state index in [4.69, 9.17) is 9.84 Å². The summed E-state index contributed by atoms with van der Waals surface area (Å²) >= 11 is 0. The van der Waals surface area contributed by atoms with Gasteiger partial charge in [0.1, 0.15) is 5.82 Å². The number of carboxylic acid groups (broad SMARTS) is 1. The lowest BCUT2D eigenvalue weighted by Crippen LogP contribution is -2.53. The van der Waals surface area contributed by atoms with Crippen LogP contribution in [0.1, 0.15) is 44.1 Å². The smallest absolute Gasteiger partial charge is 0.305 e. The van der Waals surface area contributed by atoms with Crippen LogP contribution >= 0.6 is 0 Å². The first kappa shape index (κ1) is 17.4. The lowest BCUT2D eigenvalue weighted by Gasteiger charge is -2.37. The third-order valence-electron chi connectivity index (χ3n) is 4.25. The van der Waals surface area contributed by atoms with Gasteiger partial charge in [0.15, 0.2) is 0 Å². The van der Waals surface area contributed by atoms with Gasteiger partial charge in [-0.05, 0) is 36.5 Å². The Labute approximate surface area is 134 Å². The monoisotopic (exact) mass is 323 g/mol. The van der Waals surface area contributed by atoms with E-state index in [-0.39, 0.29) is 30.5 Å². The van der Waals surface area contributed by atoms with Crippen molar-refractivity contribution < 1.29 is 23.8 Å². The van der Waals surface area contributed by atoms with Crippen molar-refractivity contribution in [3.63, 3.8) is 0 Å². The zero-order valence-electron chi connectivity index (χ0n) is 13.2. The molecule has 1 atom stereocenters. The molecule has 0 saturated carbocycles. The summed E-state index contributed by atoms with van der Waals surface area (Å²) in [7, 11) is 0. The molecule has 0 aliphatic carbocycles. The zero-order valence-corrected chi connectivity index (χ0v) is 13.2. The van der Waals surface area contributed by atoms with E-state index in [0.29, 0.717) is 26.1 Å². The lowest BCUT2D eigenvalue weighted by atomic mass is 9.86. The lowest BCUT2D eigenvalue weighted by molar-refractivity contribution is -0.140. The highest BCUT2D eigenvalue weighted by molar-refractivity contribution is 5.79. The van der Waals surface area contributed by atoms with Gasteiger partial charge in [0.25, 0.3) is 0 Å². The van der Waals surface area contributed by atoms with Crippen LogP contribution in [-0.2, 0) is 14.3 Å². The van der Waals surface area contributed by atoms with Gasteiger partial charge in [-0.3, -0.25) is 9.59 Å². The number of hydrogen-bond acceptors (Lipinski definition) is 3. The number of carboxylic acids is 1. The minimum Gasteiger partial charge on any atom is -0.481 e. The van der Waals surface area contributed by atoms with Gasteiger partial charge < -0.3 is 15.2 Å². The van der Waals surface area contributed by atoms with E-state index in [1.165, 1.54) is 12.1 Å². The van der Waals surface area contributed by atoms with Crippen LogP contribution in [0.15, 0.2) is 24.3 Å². The molecule has 0 aromatic heterocycles. The SMILES string of the molecule is CC(CC(=O)NC1(CC(=O)O)CCOCC1)c1cccc(F)c1. The molecule has 23 heavy (non-hydrogen) atoms. The van der Waals surface area contributed by atoms with Gasteiger partial charge in [-0.1, -0.05) is 19.1 Å². The van der Waals surface area contributed by atoms with Crippen LogP contribution in [0.25, 0.3) is 0 Å². The largest absolute Gasteiger partial charge is 0.481 e. The summed E-state index contributed by atoms with van der Waals surface area (Å²) in [4.78, 5) is 23.4. The van der Waals surface area contributed by atoms with Gasteiger partial charge in [-0.25, -0.2) is 4.39 Å². The second-order valence-corrected chi connectivity index (χ2v) is 6.17. The van der Waals surface area contributed by atoms with Gasteiger partial charge in [0.2, 0.25) is 5.91 Å². The fraction of sp³-hybridized carbons (Fsp3) is 0.529. The molecule has 5 nitrogen and oxygen atoms in total. The maximum Gasteiger partial charge on any atom is 0.305 e. The number of rotatable bonds is 6. The van der Waals surface area contributed by atoms with Crippen molar-refractivity contribution in [3.8, 4) is 0 Å². The van der Waals surface area contributed by atoms with Gasteiger partial charge >= 0.3 is 5.97 Å². The molecule has 1 aromatic carbocycles. The molecule has 126 valence electrons. The normalized spacial score (nSPS) is 18.2. The summed E-state index contributed by atoms with van der Waals surface area (Å²) in [5, 5.41) is 12.0. The fourth-order valence-electron chi connectivity index (χ4n) is 2.95. The van der Waals surface area contributed by atoms with E-state index in [9.17, 15) is 14.0 Å². The Bertz CT molecular complexity index is 569. The van der Waals surface area contributed by atoms with Gasteiger partial charge in [0, 0.05) is 19.6 Å². The molecule has 0 bridgehead atoms. The molecule has 1 heterocycles. The number of benzene rings is 1. The van der Waals surface area contributed by atoms with Crippen LogP contribution in [0.4, 0.5) is 4.39 Å². The molecule has 6 heteroatoms. The van der Waals surface area contributed by atoms with Crippen molar-refractivity contribution in [3.05, 3.63) is 35.6 Å². The highest BCUT2D eigenvalue weighted by atomic mass is 19.1. The van der Waals surface area contributed by atoms with Crippen LogP contribution in [0.5, 0.6) is 0 Å². The van der Waals surface area contributed by atoms with Crippen LogP contribution in [0.2, 0.25) is 0 Å². The zero-order chi connectivity index (χ0) is 16.9. The average Bonchev–Trinajstić information content (AvgIpc) is 2.46. The molecular weight excluding hydrogens is 301 g/mol. The third kappa shape index (κ3) is 5.03. The Hall–Kier alpha value is -1.95. The summed E-state index contributed by atoms with van der Waals surface area (Å²) < 4.78 is 18.5. The molecule has 1 aliphatic rings. The van der Waals surface area contributed by atoms with E-state index in [1.54, 1.807) is 12.1 Å². The van der Waals surface area contributed by atoms with E-state index in [1.807, 2.05) is 6.92 Å². The number of carbonyl (C=O) groups excluding carboxylic acids is 1. The van der Waals surface area contributed by atoms with Gasteiger partial charge in [-0.15, -0.1) is 0 Å². The Morgan fingerprint density at radius 1 is 1.39 bits per heavy atom. The number of nitrogens with one attached hydrogen (secondary N) is 1. The number of ether oxygens (including phenoxy) is 1. The summed E-state index contributed by atoms with van der Waals surface area (Å²) in [6.07, 6.45) is 1.04. The quantitative estimate of drug-likeness (QED) is 0.843. The fourth-order valence-corrected chi connectivity index (χ4v) is 2.95. The molecule has 1 saturated heterocycles. The van der Waals surface area contributed by atoms with Crippen molar-refractivity contribution in [2.45, 2.75) is 44.1 Å². The van der Waals surface area contributed by atoms with Gasteiger partial charge in [-0.2, -0.15) is 0 Å². The van der Waals surface area contributed by atoms with Crippen molar-refractivity contribution in [1.29, 1.82) is 0 Å². The number of halogens is 1. The Morgan fingerprint density at radius 2 is 2.09 bits per heavy atom. The topological polar surface area (TPSA) is 75.6 Å². The van der Waals surface area contributed by atoms with E-state index in [0.717, 1.165) is 5.56 Å². The summed E-state index contributed by atoms with van der Waals surface area (Å²) in [6.45, 7) is 2.72. The highest BCUT2D eigenvalue weighted by Gasteiger charge is 2.36. The molecule has 2 N–H and O–H groups in total. The van der Waals surface area contributed by atoms with Crippen molar-refractivity contribution in [2.75, 3.05) is 13.2 Å². The minimum absolute atomic E-state index is 0.115. The van der Waals surface area contributed by atoms with E-state index in [2.05, 4.69) is 5.32 Å². The molecule has 0 radical (unpaired) electrons. The molecule has 1 unspecified atom stereocenters. The van der Waals surface area contributed by atoms with Crippen LogP contribution < -0.4 is 5.32 Å². The predicted octanol–water partition coefficient (Wildman–Crippen LogP) is 2.46. The third-order valence-corrected chi connectivity index (χ3v) is 4.25. The second-order valence-electron chi connectivity index (χ2n) is 6.17. The first-order chi connectivity index (χ1) is 10.9. The standard InChI is InChI=1S/C17H22FNO4/c1-12(13-3-2-4-14(18)10-13)9-15(20)19-17(11-16(21)22)5-7-23-8-6-17/h2-4,10,12H,5-9,11H2,1H3,(H,19,20)(H,21,22). The van der Waals surface area contributed by atoms with E-state index >= 15 is 0 Å². The maximum absolute atomic E-state index is 13.3. The molecular formula is C17H22FNO4. The Morgan fingerprint density at radius 3 is 2.70 bits per heavy atom. The van der Waals surface area contributed by atoms with Crippen molar-refractivity contribution in [1.82, 2.24) is 5.32 Å². The first-order valence-corrected chi connectivity index (χ1v) is 7.76. The predicted molar refractivity (Wildman–Crippen MR) is 82.6 cm³/mol. The number of amides is 1. The molecule has 1 amide bonds. The highest BCUT2D eigenvalue weighted by Crippen LogP contribution is 2.26. The molecule has 1 aromatic rings. The second kappa shape index (κ2) is 7.55. The molecule has 1 aliphatic heterocycles. The minimum atomic E-state index is -0.939. The van der Waals surface area contributed by atoms with Gasteiger partial charge in [0.05, 0.1) is 12.0 Å². The van der Waals surface area contributed by atoms with Crippen LogP contribution in [-0.4, -0.2) is 35.7 Å². The van der Waals surface area contributed by atoms with Crippen molar-refractivity contribution >= 4 is 11.9 Å². The number of aliphatic carboxylic acids is 1. The Kier molecular flexibility index (Phi) is 5.71. The van der Waals surface area contributed by atoms with E-state index < -0.39 is 11.5 Å². The molecule has 1 fully saturated rings. The van der Waals surface area contributed by atoms with Crippen LogP contribution in [0.3, 0.4) is 0 Å². The average molecular weight is 323 g/mol.